The van der Waals surface area contributed by atoms with Crippen molar-refractivity contribution >= 4 is 5.71 Å². The average molecular weight is 412 g/mol. The van der Waals surface area contributed by atoms with Crippen LogP contribution in [0.15, 0.2) is 47.5 Å². The van der Waals surface area contributed by atoms with Gasteiger partial charge in [0, 0.05) is 42.9 Å². The molecule has 2 heterocycles. The Morgan fingerprint density at radius 2 is 1.87 bits per heavy atom. The van der Waals surface area contributed by atoms with Crippen LogP contribution in [0.4, 0.5) is 4.39 Å². The number of piperidine rings is 1. The number of benzene rings is 2. The Labute approximate surface area is 177 Å². The van der Waals surface area contributed by atoms with E-state index in [1.54, 1.807) is 25.3 Å². The number of phenolic OH excluding ortho intramolecular Hbond substituents is 1. The van der Waals surface area contributed by atoms with Crippen molar-refractivity contribution in [1.82, 2.24) is 10.2 Å². The van der Waals surface area contributed by atoms with E-state index in [-0.39, 0.29) is 17.6 Å². The minimum Gasteiger partial charge on any atom is -0.504 e. The van der Waals surface area contributed by atoms with E-state index in [1.807, 2.05) is 12.1 Å². The fourth-order valence-electron chi connectivity index (χ4n) is 4.57. The fraction of sp³-hybridized carbons (Fsp3) is 0.458. The number of ether oxygens (including phenoxy) is 1. The van der Waals surface area contributed by atoms with E-state index in [4.69, 9.17) is 9.73 Å². The van der Waals surface area contributed by atoms with E-state index in [0.29, 0.717) is 18.2 Å². The van der Waals surface area contributed by atoms with Crippen LogP contribution in [-0.2, 0) is 0 Å². The van der Waals surface area contributed by atoms with Gasteiger partial charge in [0.2, 0.25) is 0 Å². The summed E-state index contributed by atoms with van der Waals surface area (Å²) in [7, 11) is 1.56. The van der Waals surface area contributed by atoms with Gasteiger partial charge in [-0.05, 0) is 50.5 Å². The van der Waals surface area contributed by atoms with Crippen LogP contribution < -0.4 is 10.1 Å². The molecule has 2 N–H and O–H groups in total. The van der Waals surface area contributed by atoms with Gasteiger partial charge in [0.25, 0.3) is 0 Å². The Hall–Kier alpha value is -2.44. The van der Waals surface area contributed by atoms with Gasteiger partial charge in [-0.15, -0.1) is 0 Å². The fourth-order valence-corrected chi connectivity index (χ4v) is 4.57. The summed E-state index contributed by atoms with van der Waals surface area (Å²) >= 11 is 0. The van der Waals surface area contributed by atoms with Crippen molar-refractivity contribution in [3.8, 4) is 11.5 Å². The quantitative estimate of drug-likeness (QED) is 0.789. The summed E-state index contributed by atoms with van der Waals surface area (Å²) in [5.41, 5.74) is 2.28. The van der Waals surface area contributed by atoms with Crippen LogP contribution >= 0.6 is 0 Å². The number of aromatic hydroxyl groups is 1. The van der Waals surface area contributed by atoms with Crippen LogP contribution in [0.1, 0.15) is 50.3 Å². The van der Waals surface area contributed by atoms with Crippen molar-refractivity contribution in [3.05, 3.63) is 59.4 Å². The summed E-state index contributed by atoms with van der Waals surface area (Å²) in [5, 5.41) is 14.5. The van der Waals surface area contributed by atoms with Gasteiger partial charge in [-0.2, -0.15) is 0 Å². The predicted octanol–water partition coefficient (Wildman–Crippen LogP) is 4.26. The molecule has 6 heteroatoms. The lowest BCUT2D eigenvalue weighted by molar-refractivity contribution is 0.103. The van der Waals surface area contributed by atoms with Crippen LogP contribution in [0.2, 0.25) is 0 Å². The summed E-state index contributed by atoms with van der Waals surface area (Å²) in [6, 6.07) is 12.5. The number of para-hydroxylation sites is 1. The molecule has 1 fully saturated rings. The first kappa shape index (κ1) is 20.8. The highest BCUT2D eigenvalue weighted by molar-refractivity contribution is 6.01. The first-order valence-corrected chi connectivity index (χ1v) is 10.6. The molecule has 1 atom stereocenters. The SMILES string of the molecule is COc1cccc([C@H]2CC(c3ccc(F)cc3)=NC3(CCN(C(C)C)CC3)N2)c1O. The molecule has 1 spiro atoms. The lowest BCUT2D eigenvalue weighted by Crippen LogP contribution is -2.56. The van der Waals surface area contributed by atoms with Crippen molar-refractivity contribution < 1.29 is 14.2 Å². The molecule has 0 saturated carbocycles. The normalized spacial score (nSPS) is 21.6. The summed E-state index contributed by atoms with van der Waals surface area (Å²) in [6.07, 6.45) is 2.39. The number of hydrogen-bond donors (Lipinski definition) is 2. The van der Waals surface area contributed by atoms with Crippen molar-refractivity contribution in [2.75, 3.05) is 20.2 Å². The Kier molecular flexibility index (Phi) is 5.80. The summed E-state index contributed by atoms with van der Waals surface area (Å²) in [5.74, 6) is 0.367. The third kappa shape index (κ3) is 4.07. The number of rotatable bonds is 4. The first-order chi connectivity index (χ1) is 14.4. The summed E-state index contributed by atoms with van der Waals surface area (Å²) < 4.78 is 18.8. The number of aliphatic imine (C=N–C) groups is 1. The molecule has 0 unspecified atom stereocenters. The van der Waals surface area contributed by atoms with Gasteiger partial charge in [0.05, 0.1) is 7.11 Å². The third-order valence-corrected chi connectivity index (χ3v) is 6.35. The lowest BCUT2D eigenvalue weighted by atomic mass is 9.87. The second kappa shape index (κ2) is 8.36. The summed E-state index contributed by atoms with van der Waals surface area (Å²) in [4.78, 5) is 7.62. The molecule has 1 saturated heterocycles. The van der Waals surface area contributed by atoms with E-state index >= 15 is 0 Å². The Morgan fingerprint density at radius 3 is 2.50 bits per heavy atom. The maximum Gasteiger partial charge on any atom is 0.162 e. The largest absolute Gasteiger partial charge is 0.504 e. The molecule has 0 radical (unpaired) electrons. The Morgan fingerprint density at radius 1 is 1.17 bits per heavy atom. The third-order valence-electron chi connectivity index (χ3n) is 6.35. The van der Waals surface area contributed by atoms with Crippen molar-refractivity contribution in [3.63, 3.8) is 0 Å². The number of nitrogens with zero attached hydrogens (tertiary/aromatic N) is 2. The molecule has 2 aliphatic heterocycles. The van der Waals surface area contributed by atoms with E-state index in [2.05, 4.69) is 24.1 Å². The van der Waals surface area contributed by atoms with Crippen LogP contribution in [0.5, 0.6) is 11.5 Å². The van der Waals surface area contributed by atoms with E-state index in [0.717, 1.165) is 42.8 Å². The molecule has 2 aliphatic rings. The average Bonchev–Trinajstić information content (AvgIpc) is 2.74. The predicted molar refractivity (Wildman–Crippen MR) is 117 cm³/mol. The monoisotopic (exact) mass is 411 g/mol. The zero-order valence-corrected chi connectivity index (χ0v) is 17.9. The summed E-state index contributed by atoms with van der Waals surface area (Å²) in [6.45, 7) is 6.36. The molecule has 160 valence electrons. The zero-order valence-electron chi connectivity index (χ0n) is 17.9. The van der Waals surface area contributed by atoms with Gasteiger partial charge < -0.3 is 14.7 Å². The minimum atomic E-state index is -0.395. The highest BCUT2D eigenvalue weighted by Crippen LogP contribution is 2.40. The lowest BCUT2D eigenvalue weighted by Gasteiger charge is -2.46. The van der Waals surface area contributed by atoms with Crippen LogP contribution in [-0.4, -0.2) is 47.6 Å². The molecule has 2 aromatic carbocycles. The number of likely N-dealkylation sites (tertiary alicyclic amines) is 1. The Bertz CT molecular complexity index is 919. The molecular weight excluding hydrogens is 381 g/mol. The second-order valence-electron chi connectivity index (χ2n) is 8.53. The van der Waals surface area contributed by atoms with E-state index in [1.165, 1.54) is 12.1 Å². The van der Waals surface area contributed by atoms with Crippen LogP contribution in [0.25, 0.3) is 0 Å². The molecular formula is C24H30FN3O2. The molecule has 0 aliphatic carbocycles. The van der Waals surface area contributed by atoms with Crippen molar-refractivity contribution in [2.45, 2.75) is 50.9 Å². The van der Waals surface area contributed by atoms with Crippen molar-refractivity contribution in [1.29, 1.82) is 0 Å². The minimum absolute atomic E-state index is 0.108. The number of halogens is 1. The molecule has 4 rings (SSSR count). The van der Waals surface area contributed by atoms with Gasteiger partial charge >= 0.3 is 0 Å². The molecule has 5 nitrogen and oxygen atoms in total. The number of methoxy groups -OCH3 is 1. The Balaban J connectivity index is 1.71. The van der Waals surface area contributed by atoms with Gasteiger partial charge in [-0.25, -0.2) is 4.39 Å². The van der Waals surface area contributed by atoms with Crippen LogP contribution in [0, 0.1) is 5.82 Å². The molecule has 30 heavy (non-hydrogen) atoms. The molecule has 2 aromatic rings. The maximum absolute atomic E-state index is 13.5. The topological polar surface area (TPSA) is 57.1 Å². The van der Waals surface area contributed by atoms with Gasteiger partial charge in [-0.1, -0.05) is 24.3 Å². The smallest absolute Gasteiger partial charge is 0.162 e. The van der Waals surface area contributed by atoms with E-state index < -0.39 is 5.66 Å². The zero-order chi connectivity index (χ0) is 21.3. The van der Waals surface area contributed by atoms with Gasteiger partial charge in [0.1, 0.15) is 11.5 Å². The number of phenols is 1. The highest BCUT2D eigenvalue weighted by Gasteiger charge is 2.41. The number of nitrogens with one attached hydrogen (secondary N) is 1. The van der Waals surface area contributed by atoms with Gasteiger partial charge in [-0.3, -0.25) is 10.3 Å². The molecule has 0 aromatic heterocycles. The molecule has 0 bridgehead atoms. The highest BCUT2D eigenvalue weighted by atomic mass is 19.1. The van der Waals surface area contributed by atoms with Crippen LogP contribution in [0.3, 0.4) is 0 Å². The van der Waals surface area contributed by atoms with Gasteiger partial charge in [0.15, 0.2) is 11.5 Å². The maximum atomic E-state index is 13.5. The number of hydrogen-bond acceptors (Lipinski definition) is 5. The first-order valence-electron chi connectivity index (χ1n) is 10.6. The second-order valence-corrected chi connectivity index (χ2v) is 8.53. The van der Waals surface area contributed by atoms with E-state index in [9.17, 15) is 9.50 Å². The molecule has 0 amide bonds. The standard InChI is InChI=1S/C24H30FN3O2/c1-16(2)28-13-11-24(12-14-28)26-20(17-7-9-18(25)10-8-17)15-21(27-24)19-5-4-6-22(30-3)23(19)29/h4-10,16,21,27,29H,11-15H2,1-3H3/t21-/m1/s1. The van der Waals surface area contributed by atoms with Crippen molar-refractivity contribution in [2.24, 2.45) is 4.99 Å².